The molecule has 4 aromatic heterocycles. The zero-order chi connectivity index (χ0) is 18.0. The van der Waals surface area contributed by atoms with Gasteiger partial charge >= 0.3 is 6.01 Å². The number of para-hydroxylation sites is 1. The molecule has 130 valence electrons. The third-order valence-corrected chi connectivity index (χ3v) is 4.81. The number of hydrogen-bond acceptors (Lipinski definition) is 6. The lowest BCUT2D eigenvalue weighted by molar-refractivity contribution is 0.377. The molecular formula is C16H14N8OS. The molecule has 0 aliphatic carbocycles. The first-order chi connectivity index (χ1) is 12.6. The number of nitrogens with zero attached hydrogens (tertiary/aromatic N) is 7. The second kappa shape index (κ2) is 5.11. The van der Waals surface area contributed by atoms with E-state index in [2.05, 4.69) is 20.2 Å². The van der Waals surface area contributed by atoms with E-state index in [1.807, 2.05) is 38.2 Å². The minimum absolute atomic E-state index is 0.424. The van der Waals surface area contributed by atoms with Gasteiger partial charge in [-0.3, -0.25) is 5.10 Å². The fraction of sp³-hybridized carbons (Fsp3) is 0.188. The molecule has 10 heteroatoms. The van der Waals surface area contributed by atoms with Gasteiger partial charge in [-0.05, 0) is 31.3 Å². The molecule has 1 N–H and O–H groups in total. The van der Waals surface area contributed by atoms with E-state index in [1.165, 1.54) is 0 Å². The summed E-state index contributed by atoms with van der Waals surface area (Å²) in [5.41, 5.74) is 3.08. The van der Waals surface area contributed by atoms with Crippen LogP contribution in [0.15, 0.2) is 24.3 Å². The van der Waals surface area contributed by atoms with Gasteiger partial charge in [0.05, 0.1) is 18.3 Å². The first-order valence-electron chi connectivity index (χ1n) is 7.92. The van der Waals surface area contributed by atoms with Gasteiger partial charge < -0.3 is 9.30 Å². The average Bonchev–Trinajstić information content (AvgIpc) is 3.27. The molecule has 0 saturated carbocycles. The molecule has 5 aromatic rings. The summed E-state index contributed by atoms with van der Waals surface area (Å²) in [6, 6.07) is 8.22. The third kappa shape index (κ3) is 1.81. The highest BCUT2D eigenvalue weighted by molar-refractivity contribution is 7.71. The maximum atomic E-state index is 5.50. The average molecular weight is 366 g/mol. The van der Waals surface area contributed by atoms with Crippen molar-refractivity contribution < 1.29 is 4.74 Å². The Balaban J connectivity index is 1.99. The van der Waals surface area contributed by atoms with E-state index in [0.29, 0.717) is 28.0 Å². The topological polar surface area (TPSA) is 90.3 Å². The number of aromatic nitrogens is 8. The molecular weight excluding hydrogens is 352 g/mol. The Morgan fingerprint density at radius 3 is 2.73 bits per heavy atom. The maximum absolute atomic E-state index is 5.50. The van der Waals surface area contributed by atoms with Crippen molar-refractivity contribution >= 4 is 34.5 Å². The van der Waals surface area contributed by atoms with Crippen LogP contribution in [0.3, 0.4) is 0 Å². The molecule has 0 fully saturated rings. The lowest BCUT2D eigenvalue weighted by atomic mass is 10.2. The molecule has 4 heterocycles. The molecule has 0 aliphatic rings. The fourth-order valence-electron chi connectivity index (χ4n) is 3.19. The van der Waals surface area contributed by atoms with Gasteiger partial charge in [0.25, 0.3) is 0 Å². The largest absolute Gasteiger partial charge is 0.468 e. The number of ether oxygens (including phenoxy) is 1. The number of H-pyrrole nitrogens is 1. The van der Waals surface area contributed by atoms with E-state index in [-0.39, 0.29) is 0 Å². The summed E-state index contributed by atoms with van der Waals surface area (Å²) < 4.78 is 11.4. The third-order valence-electron chi connectivity index (χ3n) is 4.44. The van der Waals surface area contributed by atoms with Crippen molar-refractivity contribution in [3.8, 4) is 17.5 Å². The highest BCUT2D eigenvalue weighted by Gasteiger charge is 2.23. The van der Waals surface area contributed by atoms with Crippen LogP contribution in [0.1, 0.15) is 5.69 Å². The van der Waals surface area contributed by atoms with Crippen LogP contribution in [0.2, 0.25) is 0 Å². The fourth-order valence-corrected chi connectivity index (χ4v) is 3.33. The number of aromatic amines is 1. The Bertz CT molecular complexity index is 1370. The van der Waals surface area contributed by atoms with Crippen LogP contribution in [0.25, 0.3) is 33.8 Å². The minimum Gasteiger partial charge on any atom is -0.468 e. The van der Waals surface area contributed by atoms with Gasteiger partial charge in [0, 0.05) is 12.4 Å². The number of hydrogen-bond donors (Lipinski definition) is 1. The summed E-state index contributed by atoms with van der Waals surface area (Å²) in [5.74, 6) is 1.27. The van der Waals surface area contributed by atoms with E-state index in [9.17, 15) is 0 Å². The molecule has 0 bridgehead atoms. The Morgan fingerprint density at radius 1 is 1.19 bits per heavy atom. The number of methoxy groups -OCH3 is 1. The quantitative estimate of drug-likeness (QED) is 0.482. The molecule has 5 rings (SSSR count). The first kappa shape index (κ1) is 15.0. The summed E-state index contributed by atoms with van der Waals surface area (Å²) in [4.78, 5) is 9.27. The molecule has 9 nitrogen and oxygen atoms in total. The van der Waals surface area contributed by atoms with Crippen LogP contribution in [-0.4, -0.2) is 45.9 Å². The lowest BCUT2D eigenvalue weighted by Crippen LogP contribution is -1.99. The Morgan fingerprint density at radius 2 is 2.00 bits per heavy atom. The number of rotatable bonds is 2. The van der Waals surface area contributed by atoms with Crippen molar-refractivity contribution in [2.75, 3.05) is 7.11 Å². The zero-order valence-corrected chi connectivity index (χ0v) is 15.1. The number of imidazole rings is 1. The van der Waals surface area contributed by atoms with Gasteiger partial charge in [-0.25, -0.2) is 9.38 Å². The smallest absolute Gasteiger partial charge is 0.305 e. The van der Waals surface area contributed by atoms with Crippen molar-refractivity contribution in [3.63, 3.8) is 0 Å². The Kier molecular flexibility index (Phi) is 2.95. The van der Waals surface area contributed by atoms with E-state index >= 15 is 0 Å². The summed E-state index contributed by atoms with van der Waals surface area (Å²) in [7, 11) is 3.44. The van der Waals surface area contributed by atoms with Crippen molar-refractivity contribution in [1.82, 2.24) is 38.7 Å². The molecule has 0 aliphatic heterocycles. The second-order valence-electron chi connectivity index (χ2n) is 5.94. The molecule has 0 spiro atoms. The predicted molar refractivity (Wildman–Crippen MR) is 97.9 cm³/mol. The number of fused-ring (bicyclic) bond motifs is 5. The number of nitrogens with one attached hydrogen (secondary N) is 1. The van der Waals surface area contributed by atoms with Gasteiger partial charge in [-0.2, -0.15) is 14.6 Å². The lowest BCUT2D eigenvalue weighted by Gasteiger charge is -2.04. The molecule has 0 amide bonds. The standard InChI is InChI=1S/C16H14N8OS/c1-8-11(13-19-20-16(26)22(13)2)24-14(17-8)23-12(21-24)9-6-4-5-7-10(9)18-15(23)25-3/h4-7H,1-3H3,(H,20,26). The van der Waals surface area contributed by atoms with Crippen LogP contribution in [0, 0.1) is 11.7 Å². The normalized spacial score (nSPS) is 11.8. The molecule has 1 aromatic carbocycles. The van der Waals surface area contributed by atoms with E-state index in [1.54, 1.807) is 20.6 Å². The second-order valence-corrected chi connectivity index (χ2v) is 6.33. The zero-order valence-electron chi connectivity index (χ0n) is 14.3. The monoisotopic (exact) mass is 366 g/mol. The molecule has 0 radical (unpaired) electrons. The van der Waals surface area contributed by atoms with Crippen LogP contribution < -0.4 is 4.74 Å². The molecule has 0 saturated heterocycles. The van der Waals surface area contributed by atoms with Gasteiger partial charge in [-0.1, -0.05) is 12.1 Å². The van der Waals surface area contributed by atoms with Gasteiger partial charge in [0.2, 0.25) is 5.78 Å². The van der Waals surface area contributed by atoms with Crippen LogP contribution >= 0.6 is 12.2 Å². The Hall–Kier alpha value is -3.27. The van der Waals surface area contributed by atoms with Crippen molar-refractivity contribution in [1.29, 1.82) is 0 Å². The predicted octanol–water partition coefficient (Wildman–Crippen LogP) is 2.31. The van der Waals surface area contributed by atoms with Crippen LogP contribution in [0.5, 0.6) is 6.01 Å². The van der Waals surface area contributed by atoms with E-state index < -0.39 is 0 Å². The van der Waals surface area contributed by atoms with Crippen molar-refractivity contribution in [2.45, 2.75) is 6.92 Å². The van der Waals surface area contributed by atoms with Crippen LogP contribution in [-0.2, 0) is 7.05 Å². The first-order valence-corrected chi connectivity index (χ1v) is 8.33. The molecule has 26 heavy (non-hydrogen) atoms. The minimum atomic E-state index is 0.424. The highest BCUT2D eigenvalue weighted by Crippen LogP contribution is 2.28. The number of aryl methyl sites for hydroxylation is 1. The summed E-state index contributed by atoms with van der Waals surface area (Å²) in [6.07, 6.45) is 0. The maximum Gasteiger partial charge on any atom is 0.305 e. The van der Waals surface area contributed by atoms with E-state index in [4.69, 9.17) is 22.1 Å². The molecule has 0 unspecified atom stereocenters. The van der Waals surface area contributed by atoms with Gasteiger partial charge in [0.15, 0.2) is 16.2 Å². The van der Waals surface area contributed by atoms with Crippen LogP contribution in [0.4, 0.5) is 0 Å². The highest BCUT2D eigenvalue weighted by atomic mass is 32.1. The molecule has 0 atom stereocenters. The SMILES string of the molecule is COc1nc2ccccc2c2nn3c(-c4n[nH]c(=S)n4C)c(C)nc3n12. The summed E-state index contributed by atoms with van der Waals surface area (Å²) in [5, 5.41) is 12.8. The van der Waals surface area contributed by atoms with Gasteiger partial charge in [0.1, 0.15) is 5.69 Å². The Labute approximate surface area is 151 Å². The number of benzene rings is 1. The summed E-state index contributed by atoms with van der Waals surface area (Å²) >= 11 is 5.24. The van der Waals surface area contributed by atoms with Gasteiger partial charge in [-0.15, -0.1) is 5.10 Å². The van der Waals surface area contributed by atoms with Crippen molar-refractivity contribution in [2.24, 2.45) is 7.05 Å². The summed E-state index contributed by atoms with van der Waals surface area (Å²) in [6.45, 7) is 1.91. The van der Waals surface area contributed by atoms with E-state index in [0.717, 1.165) is 22.3 Å². The van der Waals surface area contributed by atoms with Crippen molar-refractivity contribution in [3.05, 3.63) is 34.7 Å².